The van der Waals surface area contributed by atoms with Crippen molar-refractivity contribution in [3.63, 3.8) is 0 Å². The molecule has 0 radical (unpaired) electrons. The van der Waals surface area contributed by atoms with Gasteiger partial charge in [-0.2, -0.15) is 0 Å². The summed E-state index contributed by atoms with van der Waals surface area (Å²) in [5.41, 5.74) is 6.15. The maximum Gasteiger partial charge on any atom is 0.0977 e. The minimum absolute atomic E-state index is 0.139. The molecule has 4 heteroatoms. The quantitative estimate of drug-likeness (QED) is 0.123. The summed E-state index contributed by atoms with van der Waals surface area (Å²) in [6, 6.07) is 0. The maximum absolute atomic E-state index is 6.15. The fraction of sp³-hybridized carbons (Fsp3) is 0.880. The zero-order chi connectivity index (χ0) is 20.8. The predicted octanol–water partition coefficient (Wildman–Crippen LogP) is 6.07. The standard InChI is InChI=1S/C25H50N4/c1-2-3-4-5-6-7-8-9-10-11-12-13-14-15-16-17-18-19-24(26)27-21-20-25-28-22-23-29-25/h9-10,24,27H,2-8,11-23,26H2,1H3,(H,28,29). The number of hydrogen-bond acceptors (Lipinski definition) is 4. The van der Waals surface area contributed by atoms with Crippen molar-refractivity contribution in [2.75, 3.05) is 19.6 Å². The Labute approximate surface area is 181 Å². The molecule has 0 saturated heterocycles. The van der Waals surface area contributed by atoms with Crippen molar-refractivity contribution in [1.82, 2.24) is 10.6 Å². The molecule has 0 amide bonds. The number of nitrogens with one attached hydrogen (secondary N) is 2. The lowest BCUT2D eigenvalue weighted by Crippen LogP contribution is -2.39. The number of aliphatic imine (C=N–C) groups is 1. The Hall–Kier alpha value is -0.870. The lowest BCUT2D eigenvalue weighted by Gasteiger charge is -2.13. The molecule has 29 heavy (non-hydrogen) atoms. The third kappa shape index (κ3) is 17.7. The summed E-state index contributed by atoms with van der Waals surface area (Å²) >= 11 is 0. The molecule has 0 aromatic heterocycles. The van der Waals surface area contributed by atoms with Gasteiger partial charge in [0.15, 0.2) is 0 Å². The molecule has 1 heterocycles. The Morgan fingerprint density at radius 1 is 0.897 bits per heavy atom. The average molecular weight is 407 g/mol. The van der Waals surface area contributed by atoms with Crippen LogP contribution in [0.1, 0.15) is 116 Å². The van der Waals surface area contributed by atoms with E-state index in [1.54, 1.807) is 0 Å². The molecule has 4 nitrogen and oxygen atoms in total. The highest BCUT2D eigenvalue weighted by Crippen LogP contribution is 2.11. The van der Waals surface area contributed by atoms with Crippen LogP contribution in [0.4, 0.5) is 0 Å². The first-order valence-corrected chi connectivity index (χ1v) is 12.7. The van der Waals surface area contributed by atoms with Gasteiger partial charge >= 0.3 is 0 Å². The van der Waals surface area contributed by atoms with Gasteiger partial charge in [-0.25, -0.2) is 0 Å². The van der Waals surface area contributed by atoms with Gasteiger partial charge in [-0.15, -0.1) is 0 Å². The zero-order valence-corrected chi connectivity index (χ0v) is 19.4. The van der Waals surface area contributed by atoms with Gasteiger partial charge in [-0.3, -0.25) is 4.99 Å². The molecule has 1 aliphatic rings. The number of nitrogens with two attached hydrogens (primary N) is 1. The topological polar surface area (TPSA) is 62.4 Å². The van der Waals surface area contributed by atoms with E-state index in [0.717, 1.165) is 38.3 Å². The molecule has 4 N–H and O–H groups in total. The van der Waals surface area contributed by atoms with Crippen molar-refractivity contribution in [1.29, 1.82) is 0 Å². The molecular formula is C25H50N4. The lowest BCUT2D eigenvalue weighted by atomic mass is 10.1. The van der Waals surface area contributed by atoms with E-state index in [1.807, 2.05) is 0 Å². The first-order chi connectivity index (χ1) is 14.3. The maximum atomic E-state index is 6.15. The fourth-order valence-corrected chi connectivity index (χ4v) is 3.88. The Balaban J connectivity index is 1.73. The van der Waals surface area contributed by atoms with Gasteiger partial charge in [0.1, 0.15) is 0 Å². The van der Waals surface area contributed by atoms with E-state index < -0.39 is 0 Å². The number of nitrogens with zero attached hydrogens (tertiary/aromatic N) is 1. The Morgan fingerprint density at radius 2 is 1.48 bits per heavy atom. The first-order valence-electron chi connectivity index (χ1n) is 12.7. The molecule has 0 aromatic carbocycles. The van der Waals surface area contributed by atoms with Gasteiger partial charge < -0.3 is 16.4 Å². The van der Waals surface area contributed by atoms with Crippen LogP contribution in [-0.2, 0) is 0 Å². The van der Waals surface area contributed by atoms with Crippen LogP contribution in [0.5, 0.6) is 0 Å². The van der Waals surface area contributed by atoms with Crippen LogP contribution >= 0.6 is 0 Å². The van der Waals surface area contributed by atoms with E-state index in [2.05, 4.69) is 34.7 Å². The van der Waals surface area contributed by atoms with Crippen LogP contribution in [0.25, 0.3) is 0 Å². The van der Waals surface area contributed by atoms with Crippen LogP contribution < -0.4 is 16.4 Å². The molecule has 1 atom stereocenters. The smallest absolute Gasteiger partial charge is 0.0977 e. The SMILES string of the molecule is CCCCCCCCC=CCCCCCCCCCC(N)NCCC1=NCCN1. The predicted molar refractivity (Wildman–Crippen MR) is 130 cm³/mol. The van der Waals surface area contributed by atoms with Crippen molar-refractivity contribution in [3.8, 4) is 0 Å². The van der Waals surface area contributed by atoms with Crippen molar-refractivity contribution in [2.24, 2.45) is 10.7 Å². The van der Waals surface area contributed by atoms with Crippen LogP contribution in [0.15, 0.2) is 17.1 Å². The summed E-state index contributed by atoms with van der Waals surface area (Å²) in [5, 5.41) is 6.71. The zero-order valence-electron chi connectivity index (χ0n) is 19.4. The van der Waals surface area contributed by atoms with Crippen molar-refractivity contribution in [2.45, 2.75) is 122 Å². The number of amidine groups is 1. The molecule has 0 fully saturated rings. The highest BCUT2D eigenvalue weighted by Gasteiger charge is 2.06. The van der Waals surface area contributed by atoms with Gasteiger partial charge in [0, 0.05) is 19.5 Å². The summed E-state index contributed by atoms with van der Waals surface area (Å²) in [6.07, 6.45) is 27.5. The normalized spacial score (nSPS) is 15.0. The van der Waals surface area contributed by atoms with E-state index in [4.69, 9.17) is 5.73 Å². The van der Waals surface area contributed by atoms with E-state index in [0.29, 0.717) is 0 Å². The van der Waals surface area contributed by atoms with Crippen molar-refractivity contribution >= 4 is 5.84 Å². The fourth-order valence-electron chi connectivity index (χ4n) is 3.88. The highest BCUT2D eigenvalue weighted by molar-refractivity contribution is 5.83. The first kappa shape index (κ1) is 26.2. The van der Waals surface area contributed by atoms with Gasteiger partial charge in [-0.1, -0.05) is 89.7 Å². The van der Waals surface area contributed by atoms with Crippen LogP contribution in [-0.4, -0.2) is 31.6 Å². The molecule has 0 spiro atoms. The second-order valence-corrected chi connectivity index (χ2v) is 8.65. The second kappa shape index (κ2) is 20.4. The summed E-state index contributed by atoms with van der Waals surface area (Å²) in [7, 11) is 0. The minimum Gasteiger partial charge on any atom is -0.372 e. The number of allylic oxidation sites excluding steroid dienone is 2. The Bertz CT molecular complexity index is 406. The number of rotatable bonds is 21. The molecule has 1 rings (SSSR count). The lowest BCUT2D eigenvalue weighted by molar-refractivity contribution is 0.467. The van der Waals surface area contributed by atoms with Gasteiger partial charge in [0.05, 0.1) is 18.5 Å². The van der Waals surface area contributed by atoms with Gasteiger partial charge in [0.25, 0.3) is 0 Å². The molecule has 1 aliphatic heterocycles. The average Bonchev–Trinajstić information content (AvgIpc) is 3.24. The van der Waals surface area contributed by atoms with Gasteiger partial charge in [-0.05, 0) is 32.1 Å². The van der Waals surface area contributed by atoms with Gasteiger partial charge in [0.2, 0.25) is 0 Å². The second-order valence-electron chi connectivity index (χ2n) is 8.65. The van der Waals surface area contributed by atoms with E-state index in [1.165, 1.54) is 96.3 Å². The third-order valence-electron chi connectivity index (χ3n) is 5.79. The number of hydrogen-bond donors (Lipinski definition) is 3. The van der Waals surface area contributed by atoms with Crippen LogP contribution in [0, 0.1) is 0 Å². The van der Waals surface area contributed by atoms with Crippen LogP contribution in [0.3, 0.4) is 0 Å². The highest BCUT2D eigenvalue weighted by atomic mass is 15.1. The number of unbranched alkanes of at least 4 members (excludes halogenated alkanes) is 13. The summed E-state index contributed by atoms with van der Waals surface area (Å²) in [4.78, 5) is 4.40. The third-order valence-corrected chi connectivity index (χ3v) is 5.79. The minimum atomic E-state index is 0.139. The summed E-state index contributed by atoms with van der Waals surface area (Å²) in [5.74, 6) is 1.14. The van der Waals surface area contributed by atoms with E-state index in [9.17, 15) is 0 Å². The molecule has 0 aromatic rings. The van der Waals surface area contributed by atoms with E-state index in [-0.39, 0.29) is 6.17 Å². The Kier molecular flexibility index (Phi) is 18.4. The molecular weight excluding hydrogens is 356 g/mol. The molecule has 0 aliphatic carbocycles. The van der Waals surface area contributed by atoms with Crippen molar-refractivity contribution in [3.05, 3.63) is 12.2 Å². The molecule has 0 saturated carbocycles. The monoisotopic (exact) mass is 406 g/mol. The Morgan fingerprint density at radius 3 is 2.07 bits per heavy atom. The van der Waals surface area contributed by atoms with E-state index >= 15 is 0 Å². The van der Waals surface area contributed by atoms with Crippen LogP contribution in [0.2, 0.25) is 0 Å². The largest absolute Gasteiger partial charge is 0.372 e. The summed E-state index contributed by atoms with van der Waals surface area (Å²) in [6.45, 7) is 5.14. The molecule has 1 unspecified atom stereocenters. The summed E-state index contributed by atoms with van der Waals surface area (Å²) < 4.78 is 0. The molecule has 0 bridgehead atoms. The molecule has 170 valence electrons. The van der Waals surface area contributed by atoms with Crippen molar-refractivity contribution < 1.29 is 0 Å².